The molecule has 0 radical (unpaired) electrons. The van der Waals surface area contributed by atoms with Crippen molar-refractivity contribution in [2.75, 3.05) is 0 Å². The van der Waals surface area contributed by atoms with Gasteiger partial charge < -0.3 is 11.1 Å². The zero-order valence-electron chi connectivity index (χ0n) is 10.7. The van der Waals surface area contributed by atoms with Crippen molar-refractivity contribution in [2.45, 2.75) is 45.2 Å². The van der Waals surface area contributed by atoms with E-state index in [1.165, 1.54) is 0 Å². The number of pyridine rings is 1. The molecule has 17 heavy (non-hydrogen) atoms. The molecule has 0 aliphatic carbocycles. The minimum absolute atomic E-state index is 0.111. The Morgan fingerprint density at radius 1 is 1.47 bits per heavy atom. The standard InChI is InChI=1S/C13H21N3O/c1-4-13(14,5-2)12(17)16-10(3)11-8-6-7-9-15-11/h6-10H,4-5,14H2,1-3H3,(H,16,17)/t10-/m0/s1. The van der Waals surface area contributed by atoms with Crippen molar-refractivity contribution in [3.8, 4) is 0 Å². The van der Waals surface area contributed by atoms with Gasteiger partial charge in [-0.2, -0.15) is 0 Å². The van der Waals surface area contributed by atoms with Crippen molar-refractivity contribution in [3.05, 3.63) is 30.1 Å². The van der Waals surface area contributed by atoms with Crippen molar-refractivity contribution >= 4 is 5.91 Å². The highest BCUT2D eigenvalue weighted by molar-refractivity contribution is 5.86. The summed E-state index contributed by atoms with van der Waals surface area (Å²) in [4.78, 5) is 16.3. The van der Waals surface area contributed by atoms with E-state index in [1.54, 1.807) is 6.20 Å². The Hall–Kier alpha value is -1.42. The molecule has 1 rings (SSSR count). The second-order valence-electron chi connectivity index (χ2n) is 4.31. The second kappa shape index (κ2) is 5.77. The van der Waals surface area contributed by atoms with Gasteiger partial charge in [0.2, 0.25) is 5.91 Å². The van der Waals surface area contributed by atoms with E-state index in [9.17, 15) is 4.79 Å². The van der Waals surface area contributed by atoms with E-state index in [2.05, 4.69) is 10.3 Å². The number of rotatable bonds is 5. The van der Waals surface area contributed by atoms with E-state index in [0.29, 0.717) is 12.8 Å². The van der Waals surface area contributed by atoms with Crippen LogP contribution in [0.25, 0.3) is 0 Å². The Labute approximate surface area is 103 Å². The molecule has 1 amide bonds. The molecule has 0 unspecified atom stereocenters. The number of aromatic nitrogens is 1. The molecule has 0 aromatic carbocycles. The van der Waals surface area contributed by atoms with Crippen molar-refractivity contribution in [2.24, 2.45) is 5.73 Å². The summed E-state index contributed by atoms with van der Waals surface area (Å²) >= 11 is 0. The first-order valence-electron chi connectivity index (χ1n) is 6.04. The lowest BCUT2D eigenvalue weighted by atomic mass is 9.93. The first-order chi connectivity index (χ1) is 8.03. The summed E-state index contributed by atoms with van der Waals surface area (Å²) < 4.78 is 0. The lowest BCUT2D eigenvalue weighted by Crippen LogP contribution is -2.53. The van der Waals surface area contributed by atoms with E-state index in [4.69, 9.17) is 5.73 Å². The Kier molecular flexibility index (Phi) is 4.63. The maximum absolute atomic E-state index is 12.0. The maximum atomic E-state index is 12.0. The average molecular weight is 235 g/mol. The van der Waals surface area contributed by atoms with Crippen LogP contribution in [0, 0.1) is 0 Å². The van der Waals surface area contributed by atoms with Gasteiger partial charge in [0.1, 0.15) is 0 Å². The summed E-state index contributed by atoms with van der Waals surface area (Å²) in [5.74, 6) is -0.111. The van der Waals surface area contributed by atoms with E-state index in [-0.39, 0.29) is 11.9 Å². The van der Waals surface area contributed by atoms with Crippen molar-refractivity contribution in [1.82, 2.24) is 10.3 Å². The number of carbonyl (C=O) groups excluding carboxylic acids is 1. The predicted molar refractivity (Wildman–Crippen MR) is 68.3 cm³/mol. The fraction of sp³-hybridized carbons (Fsp3) is 0.538. The molecular formula is C13H21N3O. The molecular weight excluding hydrogens is 214 g/mol. The van der Waals surface area contributed by atoms with Gasteiger partial charge in [0.05, 0.1) is 17.3 Å². The average Bonchev–Trinajstić information content (AvgIpc) is 2.38. The molecule has 0 saturated carbocycles. The summed E-state index contributed by atoms with van der Waals surface area (Å²) in [5, 5.41) is 2.91. The van der Waals surface area contributed by atoms with Gasteiger partial charge in [0, 0.05) is 6.20 Å². The minimum atomic E-state index is -0.775. The third-order valence-electron chi connectivity index (χ3n) is 3.19. The summed E-state index contributed by atoms with van der Waals surface area (Å²) in [6, 6.07) is 5.52. The van der Waals surface area contributed by atoms with Gasteiger partial charge in [-0.3, -0.25) is 9.78 Å². The van der Waals surface area contributed by atoms with Gasteiger partial charge in [-0.1, -0.05) is 19.9 Å². The van der Waals surface area contributed by atoms with E-state index >= 15 is 0 Å². The highest BCUT2D eigenvalue weighted by Gasteiger charge is 2.30. The molecule has 4 nitrogen and oxygen atoms in total. The normalized spacial score (nSPS) is 13.2. The molecule has 3 N–H and O–H groups in total. The van der Waals surface area contributed by atoms with Crippen LogP contribution in [-0.2, 0) is 4.79 Å². The fourth-order valence-corrected chi connectivity index (χ4v) is 1.62. The van der Waals surface area contributed by atoms with Crippen LogP contribution in [0.1, 0.15) is 45.3 Å². The molecule has 0 fully saturated rings. The van der Waals surface area contributed by atoms with Gasteiger partial charge in [0.15, 0.2) is 0 Å². The lowest BCUT2D eigenvalue weighted by Gasteiger charge is -2.27. The maximum Gasteiger partial charge on any atom is 0.240 e. The zero-order valence-corrected chi connectivity index (χ0v) is 10.7. The van der Waals surface area contributed by atoms with Crippen LogP contribution in [0.15, 0.2) is 24.4 Å². The topological polar surface area (TPSA) is 68.0 Å². The molecule has 1 aromatic heterocycles. The molecule has 1 aromatic rings. The fourth-order valence-electron chi connectivity index (χ4n) is 1.62. The number of nitrogens with one attached hydrogen (secondary N) is 1. The van der Waals surface area contributed by atoms with Crippen LogP contribution in [0.2, 0.25) is 0 Å². The largest absolute Gasteiger partial charge is 0.346 e. The molecule has 94 valence electrons. The number of nitrogens with two attached hydrogens (primary N) is 1. The molecule has 4 heteroatoms. The number of amides is 1. The van der Waals surface area contributed by atoms with Crippen molar-refractivity contribution < 1.29 is 4.79 Å². The highest BCUT2D eigenvalue weighted by Crippen LogP contribution is 2.15. The zero-order chi connectivity index (χ0) is 12.9. The smallest absolute Gasteiger partial charge is 0.240 e. The van der Waals surface area contributed by atoms with E-state index in [0.717, 1.165) is 5.69 Å². The summed E-state index contributed by atoms with van der Waals surface area (Å²) in [7, 11) is 0. The number of nitrogens with zero attached hydrogens (tertiary/aromatic N) is 1. The summed E-state index contributed by atoms with van der Waals surface area (Å²) in [5.41, 5.74) is 6.10. The van der Waals surface area contributed by atoms with E-state index < -0.39 is 5.54 Å². The predicted octanol–water partition coefficient (Wildman–Crippen LogP) is 1.78. The SMILES string of the molecule is CCC(N)(CC)C(=O)N[C@@H](C)c1ccccn1. The van der Waals surface area contributed by atoms with Gasteiger partial charge >= 0.3 is 0 Å². The number of hydrogen-bond donors (Lipinski definition) is 2. The lowest BCUT2D eigenvalue weighted by molar-refractivity contribution is -0.127. The molecule has 0 bridgehead atoms. The van der Waals surface area contributed by atoms with E-state index in [1.807, 2.05) is 39.0 Å². The first-order valence-corrected chi connectivity index (χ1v) is 6.04. The van der Waals surface area contributed by atoms with Crippen molar-refractivity contribution in [1.29, 1.82) is 0 Å². The molecule has 0 spiro atoms. The highest BCUT2D eigenvalue weighted by atomic mass is 16.2. The quantitative estimate of drug-likeness (QED) is 0.817. The molecule has 0 saturated heterocycles. The molecule has 0 aliphatic heterocycles. The first kappa shape index (κ1) is 13.6. The minimum Gasteiger partial charge on any atom is -0.346 e. The summed E-state index contributed by atoms with van der Waals surface area (Å²) in [6.07, 6.45) is 2.97. The molecule has 0 aliphatic rings. The van der Waals surface area contributed by atoms with Crippen LogP contribution >= 0.6 is 0 Å². The second-order valence-corrected chi connectivity index (χ2v) is 4.31. The van der Waals surface area contributed by atoms with Crippen LogP contribution < -0.4 is 11.1 Å². The van der Waals surface area contributed by atoms with Gasteiger partial charge in [-0.05, 0) is 31.9 Å². The molecule has 1 atom stereocenters. The van der Waals surface area contributed by atoms with Gasteiger partial charge in [-0.25, -0.2) is 0 Å². The third-order valence-corrected chi connectivity index (χ3v) is 3.19. The van der Waals surface area contributed by atoms with Crippen LogP contribution in [0.3, 0.4) is 0 Å². The van der Waals surface area contributed by atoms with Crippen LogP contribution in [0.5, 0.6) is 0 Å². The van der Waals surface area contributed by atoms with Crippen LogP contribution in [0.4, 0.5) is 0 Å². The number of carbonyl (C=O) groups is 1. The Bertz CT molecular complexity index is 360. The van der Waals surface area contributed by atoms with Gasteiger partial charge in [-0.15, -0.1) is 0 Å². The number of hydrogen-bond acceptors (Lipinski definition) is 3. The van der Waals surface area contributed by atoms with Gasteiger partial charge in [0.25, 0.3) is 0 Å². The van der Waals surface area contributed by atoms with Crippen LogP contribution in [-0.4, -0.2) is 16.4 Å². The van der Waals surface area contributed by atoms with Crippen molar-refractivity contribution in [3.63, 3.8) is 0 Å². The third kappa shape index (κ3) is 3.27. The monoisotopic (exact) mass is 235 g/mol. The Morgan fingerprint density at radius 2 is 2.12 bits per heavy atom. The Morgan fingerprint density at radius 3 is 2.59 bits per heavy atom. The Balaban J connectivity index is 2.69. The molecule has 1 heterocycles. The summed E-state index contributed by atoms with van der Waals surface area (Å²) in [6.45, 7) is 5.76.